The molecule has 3 heterocycles. The highest BCUT2D eigenvalue weighted by molar-refractivity contribution is 5.79. The van der Waals surface area contributed by atoms with Gasteiger partial charge in [0.25, 0.3) is 0 Å². The fraction of sp³-hybridized carbons (Fsp3) is 0.500. The van der Waals surface area contributed by atoms with Crippen LogP contribution in [0.1, 0.15) is 29.5 Å². The van der Waals surface area contributed by atoms with Gasteiger partial charge in [0, 0.05) is 57.6 Å². The van der Waals surface area contributed by atoms with Crippen LogP contribution in [0.2, 0.25) is 0 Å². The van der Waals surface area contributed by atoms with Crippen LogP contribution in [0.4, 0.5) is 0 Å². The van der Waals surface area contributed by atoms with Gasteiger partial charge in [-0.25, -0.2) is 0 Å². The third-order valence-electron chi connectivity index (χ3n) is 6.44. The van der Waals surface area contributed by atoms with Gasteiger partial charge in [0.2, 0.25) is 5.91 Å². The summed E-state index contributed by atoms with van der Waals surface area (Å²) in [5.41, 5.74) is 3.41. The standard InChI is InChI=1S/C24H32N4O2/c1-19-16-21(2-3-23(19)29)18-27-12-14-28(15-13-27)24(30)22-6-10-26(11-7-22)17-20-4-8-25-9-5-20/h2-5,8-9,16,22,29H,6-7,10-15,17-18H2,1H3. The molecule has 0 unspecified atom stereocenters. The number of carbonyl (C=O) groups excluding carboxylic acids is 1. The van der Waals surface area contributed by atoms with E-state index in [9.17, 15) is 9.90 Å². The summed E-state index contributed by atoms with van der Waals surface area (Å²) in [7, 11) is 0. The highest BCUT2D eigenvalue weighted by atomic mass is 16.3. The number of carbonyl (C=O) groups is 1. The Morgan fingerprint density at radius 1 is 0.933 bits per heavy atom. The van der Waals surface area contributed by atoms with Crippen molar-refractivity contribution in [1.82, 2.24) is 19.7 Å². The largest absolute Gasteiger partial charge is 0.508 e. The Morgan fingerprint density at radius 3 is 2.23 bits per heavy atom. The summed E-state index contributed by atoms with van der Waals surface area (Å²) in [4.78, 5) is 24.0. The van der Waals surface area contributed by atoms with Gasteiger partial charge < -0.3 is 10.0 Å². The molecule has 160 valence electrons. The van der Waals surface area contributed by atoms with Crippen molar-refractivity contribution in [3.05, 3.63) is 59.4 Å². The van der Waals surface area contributed by atoms with E-state index >= 15 is 0 Å². The number of nitrogens with zero attached hydrogens (tertiary/aromatic N) is 4. The minimum Gasteiger partial charge on any atom is -0.508 e. The number of aromatic nitrogens is 1. The van der Waals surface area contributed by atoms with Gasteiger partial charge in [0.05, 0.1) is 0 Å². The molecule has 1 N–H and O–H groups in total. The Hall–Kier alpha value is -2.44. The number of aryl methyl sites for hydroxylation is 1. The molecule has 2 fully saturated rings. The fourth-order valence-electron chi connectivity index (χ4n) is 4.54. The van der Waals surface area contributed by atoms with Gasteiger partial charge in [-0.15, -0.1) is 0 Å². The minimum atomic E-state index is 0.171. The number of phenols is 1. The molecule has 0 saturated carbocycles. The van der Waals surface area contributed by atoms with Crippen LogP contribution >= 0.6 is 0 Å². The Balaban J connectivity index is 1.21. The molecule has 30 heavy (non-hydrogen) atoms. The quantitative estimate of drug-likeness (QED) is 0.824. The smallest absolute Gasteiger partial charge is 0.225 e. The molecule has 0 aliphatic carbocycles. The normalized spacial score (nSPS) is 19.2. The number of hydrogen-bond acceptors (Lipinski definition) is 5. The lowest BCUT2D eigenvalue weighted by molar-refractivity contribution is -0.139. The highest BCUT2D eigenvalue weighted by Crippen LogP contribution is 2.23. The number of likely N-dealkylation sites (tertiary alicyclic amines) is 1. The summed E-state index contributed by atoms with van der Waals surface area (Å²) >= 11 is 0. The van der Waals surface area contributed by atoms with E-state index in [1.807, 2.05) is 31.5 Å². The van der Waals surface area contributed by atoms with E-state index in [4.69, 9.17) is 0 Å². The van der Waals surface area contributed by atoms with Crippen LogP contribution < -0.4 is 0 Å². The Bertz CT molecular complexity index is 842. The molecule has 2 aliphatic heterocycles. The monoisotopic (exact) mass is 408 g/mol. The van der Waals surface area contributed by atoms with Crippen LogP contribution in [0.5, 0.6) is 5.75 Å². The van der Waals surface area contributed by atoms with Crippen LogP contribution in [0, 0.1) is 12.8 Å². The van der Waals surface area contributed by atoms with Crippen LogP contribution in [-0.4, -0.2) is 70.0 Å². The molecule has 6 nitrogen and oxygen atoms in total. The van der Waals surface area contributed by atoms with Gasteiger partial charge >= 0.3 is 0 Å². The average Bonchev–Trinajstić information content (AvgIpc) is 2.78. The zero-order chi connectivity index (χ0) is 20.9. The number of benzene rings is 1. The van der Waals surface area contributed by atoms with E-state index in [2.05, 4.69) is 31.8 Å². The first-order valence-corrected chi connectivity index (χ1v) is 11.0. The van der Waals surface area contributed by atoms with Crippen molar-refractivity contribution in [3.63, 3.8) is 0 Å². The highest BCUT2D eigenvalue weighted by Gasteiger charge is 2.30. The van der Waals surface area contributed by atoms with Crippen molar-refractivity contribution in [1.29, 1.82) is 0 Å². The zero-order valence-electron chi connectivity index (χ0n) is 17.8. The summed E-state index contributed by atoms with van der Waals surface area (Å²) in [6.45, 7) is 9.16. The first kappa shape index (κ1) is 20.8. The van der Waals surface area contributed by atoms with Gasteiger partial charge in [-0.1, -0.05) is 12.1 Å². The molecule has 0 spiro atoms. The Labute approximate surface area is 179 Å². The molecule has 1 aromatic heterocycles. The number of aromatic hydroxyl groups is 1. The predicted octanol–water partition coefficient (Wildman–Crippen LogP) is 2.65. The van der Waals surface area contributed by atoms with Crippen LogP contribution in [0.15, 0.2) is 42.7 Å². The van der Waals surface area contributed by atoms with Gasteiger partial charge in [-0.3, -0.25) is 19.6 Å². The zero-order valence-corrected chi connectivity index (χ0v) is 17.8. The fourth-order valence-corrected chi connectivity index (χ4v) is 4.54. The first-order valence-electron chi connectivity index (χ1n) is 11.0. The molecular weight excluding hydrogens is 376 g/mol. The summed E-state index contributed by atoms with van der Waals surface area (Å²) in [5.74, 6) is 0.865. The number of piperidine rings is 1. The molecule has 2 aromatic rings. The van der Waals surface area contributed by atoms with Crippen LogP contribution in [0.3, 0.4) is 0 Å². The van der Waals surface area contributed by atoms with E-state index in [1.165, 1.54) is 11.1 Å². The molecule has 0 atom stereocenters. The number of phenolic OH excluding ortho intramolecular Hbond substituents is 1. The molecule has 2 aliphatic rings. The van der Waals surface area contributed by atoms with Crippen molar-refractivity contribution < 1.29 is 9.90 Å². The van der Waals surface area contributed by atoms with E-state index in [1.54, 1.807) is 6.07 Å². The summed E-state index contributed by atoms with van der Waals surface area (Å²) in [6.07, 6.45) is 5.59. The van der Waals surface area contributed by atoms with Gasteiger partial charge in [-0.2, -0.15) is 0 Å². The third kappa shape index (κ3) is 5.18. The van der Waals surface area contributed by atoms with Crippen molar-refractivity contribution >= 4 is 5.91 Å². The minimum absolute atomic E-state index is 0.171. The lowest BCUT2D eigenvalue weighted by Gasteiger charge is -2.38. The van der Waals surface area contributed by atoms with Gasteiger partial charge in [-0.05, 0) is 67.7 Å². The Kier molecular flexibility index (Phi) is 6.65. The molecule has 0 bridgehead atoms. The maximum atomic E-state index is 13.0. The maximum absolute atomic E-state index is 13.0. The molecule has 6 heteroatoms. The second kappa shape index (κ2) is 9.58. The first-order chi connectivity index (χ1) is 14.6. The van der Waals surface area contributed by atoms with Crippen molar-refractivity contribution in [2.45, 2.75) is 32.9 Å². The predicted molar refractivity (Wildman–Crippen MR) is 117 cm³/mol. The lowest BCUT2D eigenvalue weighted by Crippen LogP contribution is -2.51. The number of rotatable bonds is 5. The second-order valence-corrected chi connectivity index (χ2v) is 8.63. The van der Waals surface area contributed by atoms with E-state index in [0.29, 0.717) is 11.7 Å². The lowest BCUT2D eigenvalue weighted by atomic mass is 9.94. The van der Waals surface area contributed by atoms with Crippen LogP contribution in [0.25, 0.3) is 0 Å². The SMILES string of the molecule is Cc1cc(CN2CCN(C(=O)C3CCN(Cc4ccncc4)CC3)CC2)ccc1O. The summed E-state index contributed by atoms with van der Waals surface area (Å²) in [6, 6.07) is 9.93. The number of hydrogen-bond donors (Lipinski definition) is 1. The number of pyridine rings is 1. The molecule has 1 amide bonds. The van der Waals surface area contributed by atoms with Crippen molar-refractivity contribution in [2.24, 2.45) is 5.92 Å². The molecule has 1 aromatic carbocycles. The molecule has 4 rings (SSSR count). The molecular formula is C24H32N4O2. The topological polar surface area (TPSA) is 59.9 Å². The third-order valence-corrected chi connectivity index (χ3v) is 6.44. The summed E-state index contributed by atoms with van der Waals surface area (Å²) in [5, 5.41) is 9.70. The van der Waals surface area contributed by atoms with Gasteiger partial charge in [0.15, 0.2) is 0 Å². The summed E-state index contributed by atoms with van der Waals surface area (Å²) < 4.78 is 0. The number of piperazine rings is 1. The van der Waals surface area contributed by atoms with Crippen molar-refractivity contribution in [3.8, 4) is 5.75 Å². The van der Waals surface area contributed by atoms with Gasteiger partial charge in [0.1, 0.15) is 5.75 Å². The Morgan fingerprint density at radius 2 is 1.57 bits per heavy atom. The molecule has 0 radical (unpaired) electrons. The molecule has 2 saturated heterocycles. The van der Waals surface area contributed by atoms with Crippen molar-refractivity contribution in [2.75, 3.05) is 39.3 Å². The average molecular weight is 409 g/mol. The van der Waals surface area contributed by atoms with E-state index in [0.717, 1.165) is 70.8 Å². The van der Waals surface area contributed by atoms with E-state index < -0.39 is 0 Å². The second-order valence-electron chi connectivity index (χ2n) is 8.63. The van der Waals surface area contributed by atoms with E-state index in [-0.39, 0.29) is 5.92 Å². The maximum Gasteiger partial charge on any atom is 0.225 e. The van der Waals surface area contributed by atoms with Crippen LogP contribution in [-0.2, 0) is 17.9 Å². The number of amides is 1.